The molecule has 0 radical (unpaired) electrons. The second kappa shape index (κ2) is 4.65. The van der Waals surface area contributed by atoms with E-state index in [1.54, 1.807) is 19.2 Å². The van der Waals surface area contributed by atoms with Crippen molar-refractivity contribution in [1.82, 2.24) is 0 Å². The van der Waals surface area contributed by atoms with Crippen LogP contribution in [0.3, 0.4) is 0 Å². The van der Waals surface area contributed by atoms with Crippen molar-refractivity contribution in [3.05, 3.63) is 17.7 Å². The molecule has 1 unspecified atom stereocenters. The first kappa shape index (κ1) is 11.8. The highest BCUT2D eigenvalue weighted by molar-refractivity contribution is 6.07. The van der Waals surface area contributed by atoms with Crippen molar-refractivity contribution in [2.75, 3.05) is 14.2 Å². The highest BCUT2D eigenvalue weighted by Crippen LogP contribution is 2.40. The summed E-state index contributed by atoms with van der Waals surface area (Å²) in [5, 5.41) is 0. The van der Waals surface area contributed by atoms with Crippen molar-refractivity contribution in [3.8, 4) is 17.2 Å². The largest absolute Gasteiger partial charge is 0.496 e. The van der Waals surface area contributed by atoms with Crippen LogP contribution >= 0.6 is 0 Å². The number of benzene rings is 1. The van der Waals surface area contributed by atoms with Crippen molar-refractivity contribution < 1.29 is 19.0 Å². The average molecular weight is 236 g/mol. The topological polar surface area (TPSA) is 44.8 Å². The molecule has 1 atom stereocenters. The van der Waals surface area contributed by atoms with Gasteiger partial charge in [0.15, 0.2) is 6.10 Å². The number of ketones is 1. The van der Waals surface area contributed by atoms with Gasteiger partial charge in [0.25, 0.3) is 0 Å². The monoisotopic (exact) mass is 236 g/mol. The summed E-state index contributed by atoms with van der Waals surface area (Å²) in [5.74, 6) is 1.71. The molecule has 1 aliphatic heterocycles. The van der Waals surface area contributed by atoms with Crippen LogP contribution in [0.2, 0.25) is 0 Å². The Labute approximate surface area is 100 Å². The third kappa shape index (κ3) is 1.95. The summed E-state index contributed by atoms with van der Waals surface area (Å²) in [5.41, 5.74) is 0.534. The van der Waals surface area contributed by atoms with E-state index in [0.29, 0.717) is 22.8 Å². The molecule has 1 aliphatic rings. The zero-order valence-corrected chi connectivity index (χ0v) is 10.3. The predicted molar refractivity (Wildman–Crippen MR) is 63.2 cm³/mol. The first-order chi connectivity index (χ1) is 8.21. The number of Topliss-reactive ketones (excluding diaryl/α,β-unsaturated/α-hetero) is 1. The van der Waals surface area contributed by atoms with Crippen LogP contribution in [0.1, 0.15) is 30.1 Å². The van der Waals surface area contributed by atoms with Gasteiger partial charge in [0.1, 0.15) is 22.8 Å². The van der Waals surface area contributed by atoms with Gasteiger partial charge in [0.2, 0.25) is 5.78 Å². The molecule has 1 heterocycles. The highest BCUT2D eigenvalue weighted by atomic mass is 16.5. The number of hydrogen-bond donors (Lipinski definition) is 0. The van der Waals surface area contributed by atoms with Crippen LogP contribution in [0.4, 0.5) is 0 Å². The van der Waals surface area contributed by atoms with E-state index in [-0.39, 0.29) is 11.9 Å². The molecule has 4 nitrogen and oxygen atoms in total. The molecule has 92 valence electrons. The molecule has 0 bridgehead atoms. The van der Waals surface area contributed by atoms with Crippen molar-refractivity contribution in [3.63, 3.8) is 0 Å². The van der Waals surface area contributed by atoms with E-state index in [2.05, 4.69) is 0 Å². The van der Waals surface area contributed by atoms with E-state index in [4.69, 9.17) is 14.2 Å². The Morgan fingerprint density at radius 2 is 2.06 bits per heavy atom. The molecule has 0 saturated heterocycles. The molecule has 0 aromatic heterocycles. The quantitative estimate of drug-likeness (QED) is 0.805. The predicted octanol–water partition coefficient (Wildman–Crippen LogP) is 2.45. The molecule has 1 aromatic rings. The van der Waals surface area contributed by atoms with Crippen LogP contribution in [-0.4, -0.2) is 26.1 Å². The van der Waals surface area contributed by atoms with E-state index < -0.39 is 0 Å². The lowest BCUT2D eigenvalue weighted by molar-refractivity contribution is 0.0844. The van der Waals surface area contributed by atoms with Crippen LogP contribution in [-0.2, 0) is 0 Å². The zero-order valence-electron chi connectivity index (χ0n) is 10.3. The minimum Gasteiger partial charge on any atom is -0.496 e. The second-order valence-electron chi connectivity index (χ2n) is 3.96. The number of carbonyl (C=O) groups excluding carboxylic acids is 1. The lowest BCUT2D eigenvalue weighted by atomic mass is 10.0. The van der Waals surface area contributed by atoms with Gasteiger partial charge in [-0.2, -0.15) is 0 Å². The van der Waals surface area contributed by atoms with Crippen LogP contribution in [0.5, 0.6) is 17.2 Å². The summed E-state index contributed by atoms with van der Waals surface area (Å²) < 4.78 is 16.0. The van der Waals surface area contributed by atoms with Gasteiger partial charge in [-0.05, 0) is 6.42 Å². The summed E-state index contributed by atoms with van der Waals surface area (Å²) in [6.45, 7) is 2.03. The number of methoxy groups -OCH3 is 2. The summed E-state index contributed by atoms with van der Waals surface area (Å²) >= 11 is 0. The van der Waals surface area contributed by atoms with Crippen molar-refractivity contribution in [2.45, 2.75) is 25.9 Å². The fourth-order valence-electron chi connectivity index (χ4n) is 2.00. The molecule has 0 amide bonds. The third-order valence-corrected chi connectivity index (χ3v) is 2.85. The highest BCUT2D eigenvalue weighted by Gasteiger charge is 2.35. The zero-order chi connectivity index (χ0) is 12.4. The van der Waals surface area contributed by atoms with Gasteiger partial charge >= 0.3 is 0 Å². The Morgan fingerprint density at radius 3 is 2.65 bits per heavy atom. The van der Waals surface area contributed by atoms with Crippen LogP contribution in [0.25, 0.3) is 0 Å². The van der Waals surface area contributed by atoms with E-state index in [9.17, 15) is 4.79 Å². The van der Waals surface area contributed by atoms with Gasteiger partial charge in [-0.25, -0.2) is 0 Å². The van der Waals surface area contributed by atoms with E-state index in [0.717, 1.165) is 12.8 Å². The number of ether oxygens (including phenoxy) is 3. The number of fused-ring (bicyclic) bond motifs is 1. The molecule has 0 spiro atoms. The molecule has 1 aromatic carbocycles. The Hall–Kier alpha value is -1.71. The van der Waals surface area contributed by atoms with Crippen molar-refractivity contribution >= 4 is 5.78 Å². The summed E-state index contributed by atoms with van der Waals surface area (Å²) in [6.07, 6.45) is 1.25. The lowest BCUT2D eigenvalue weighted by Gasteiger charge is -2.08. The smallest absolute Gasteiger partial charge is 0.210 e. The molecule has 0 saturated carbocycles. The van der Waals surface area contributed by atoms with Gasteiger partial charge in [-0.15, -0.1) is 0 Å². The summed E-state index contributed by atoms with van der Waals surface area (Å²) in [6, 6.07) is 3.43. The normalized spacial score (nSPS) is 17.6. The molecule has 2 rings (SSSR count). The fourth-order valence-corrected chi connectivity index (χ4v) is 2.00. The standard InChI is InChI=1S/C13H16O4/c1-4-5-9-13(14)12-10(16-3)6-8(15-2)7-11(12)17-9/h6-7,9H,4-5H2,1-3H3. The molecule has 17 heavy (non-hydrogen) atoms. The third-order valence-electron chi connectivity index (χ3n) is 2.85. The van der Waals surface area contributed by atoms with Gasteiger partial charge in [0.05, 0.1) is 14.2 Å². The van der Waals surface area contributed by atoms with Gasteiger partial charge < -0.3 is 14.2 Å². The van der Waals surface area contributed by atoms with Crippen LogP contribution < -0.4 is 14.2 Å². The number of hydrogen-bond acceptors (Lipinski definition) is 4. The van der Waals surface area contributed by atoms with Crippen molar-refractivity contribution in [1.29, 1.82) is 0 Å². The fraction of sp³-hybridized carbons (Fsp3) is 0.462. The Kier molecular flexibility index (Phi) is 3.22. The maximum atomic E-state index is 12.1. The van der Waals surface area contributed by atoms with Crippen molar-refractivity contribution in [2.24, 2.45) is 0 Å². The van der Waals surface area contributed by atoms with E-state index in [1.165, 1.54) is 7.11 Å². The molecule has 4 heteroatoms. The minimum absolute atomic E-state index is 0.00125. The van der Waals surface area contributed by atoms with E-state index in [1.807, 2.05) is 6.92 Å². The second-order valence-corrected chi connectivity index (χ2v) is 3.96. The Morgan fingerprint density at radius 1 is 1.29 bits per heavy atom. The molecule has 0 aliphatic carbocycles. The number of rotatable bonds is 4. The number of carbonyl (C=O) groups is 1. The Bertz CT molecular complexity index is 439. The molecular formula is C13H16O4. The first-order valence-electron chi connectivity index (χ1n) is 5.68. The van der Waals surface area contributed by atoms with Crippen LogP contribution in [0, 0.1) is 0 Å². The van der Waals surface area contributed by atoms with E-state index >= 15 is 0 Å². The summed E-state index contributed by atoms with van der Waals surface area (Å²) in [4.78, 5) is 12.1. The molecular weight excluding hydrogens is 220 g/mol. The minimum atomic E-state index is -0.379. The summed E-state index contributed by atoms with van der Waals surface area (Å²) in [7, 11) is 3.11. The maximum Gasteiger partial charge on any atom is 0.210 e. The SMILES string of the molecule is CCCC1Oc2cc(OC)cc(OC)c2C1=O. The average Bonchev–Trinajstić information content (AvgIpc) is 2.66. The van der Waals surface area contributed by atoms with Gasteiger partial charge in [-0.1, -0.05) is 13.3 Å². The van der Waals surface area contributed by atoms with Crippen LogP contribution in [0.15, 0.2) is 12.1 Å². The Balaban J connectivity index is 2.42. The van der Waals surface area contributed by atoms with Gasteiger partial charge in [-0.3, -0.25) is 4.79 Å². The van der Waals surface area contributed by atoms with Gasteiger partial charge in [0, 0.05) is 12.1 Å². The lowest BCUT2D eigenvalue weighted by Crippen LogP contribution is -2.19. The molecule has 0 N–H and O–H groups in total. The first-order valence-corrected chi connectivity index (χ1v) is 5.68. The maximum absolute atomic E-state index is 12.1. The molecule has 0 fully saturated rings.